The molecule has 1 saturated heterocycles. The molecule has 1 aliphatic carbocycles. The number of carbonyl (C=O) groups is 2. The lowest BCUT2D eigenvalue weighted by Crippen LogP contribution is -2.39. The molecule has 2 fully saturated rings. The van der Waals surface area contributed by atoms with Gasteiger partial charge in [-0.3, -0.25) is 14.5 Å². The lowest BCUT2D eigenvalue weighted by molar-refractivity contribution is -0.117. The van der Waals surface area contributed by atoms with E-state index in [1.54, 1.807) is 12.1 Å². The Kier molecular flexibility index (Phi) is 5.72. The molecular weight excluding hydrogens is 350 g/mol. The summed E-state index contributed by atoms with van der Waals surface area (Å²) in [5.74, 6) is 0.402. The normalized spacial score (nSPS) is 17.9. The number of piperidine rings is 1. The summed E-state index contributed by atoms with van der Waals surface area (Å²) >= 11 is 0. The number of hydrogen-bond donors (Lipinski definition) is 2. The average Bonchev–Trinajstić information content (AvgIpc) is 3.53. The third kappa shape index (κ3) is 4.78. The van der Waals surface area contributed by atoms with Gasteiger partial charge in [-0.15, -0.1) is 0 Å². The first kappa shape index (κ1) is 18.7. The first-order valence-electron chi connectivity index (χ1n) is 10.2. The van der Waals surface area contributed by atoms with Crippen LogP contribution in [-0.2, 0) is 4.79 Å². The Labute approximate surface area is 166 Å². The van der Waals surface area contributed by atoms with Gasteiger partial charge in [-0.1, -0.05) is 42.5 Å². The maximum Gasteiger partial charge on any atom is 0.253 e. The van der Waals surface area contributed by atoms with E-state index >= 15 is 0 Å². The van der Waals surface area contributed by atoms with Crippen molar-refractivity contribution in [2.75, 3.05) is 25.0 Å². The van der Waals surface area contributed by atoms with E-state index in [1.165, 1.54) is 5.56 Å². The topological polar surface area (TPSA) is 61.4 Å². The first-order chi connectivity index (χ1) is 13.7. The van der Waals surface area contributed by atoms with Gasteiger partial charge in [-0.05, 0) is 62.4 Å². The highest BCUT2D eigenvalue weighted by atomic mass is 16.2. The van der Waals surface area contributed by atoms with Crippen molar-refractivity contribution >= 4 is 17.5 Å². The molecule has 1 saturated carbocycles. The van der Waals surface area contributed by atoms with Crippen LogP contribution in [0, 0.1) is 0 Å². The number of hydrogen-bond acceptors (Lipinski definition) is 3. The predicted molar refractivity (Wildman–Crippen MR) is 110 cm³/mol. The van der Waals surface area contributed by atoms with Crippen LogP contribution in [0.1, 0.15) is 47.5 Å². The van der Waals surface area contributed by atoms with Crippen LogP contribution in [0.25, 0.3) is 0 Å². The zero-order valence-corrected chi connectivity index (χ0v) is 16.1. The molecule has 4 rings (SSSR count). The average molecular weight is 377 g/mol. The van der Waals surface area contributed by atoms with Crippen LogP contribution in [0.15, 0.2) is 54.6 Å². The van der Waals surface area contributed by atoms with Crippen molar-refractivity contribution < 1.29 is 9.59 Å². The Morgan fingerprint density at radius 2 is 1.57 bits per heavy atom. The van der Waals surface area contributed by atoms with Crippen molar-refractivity contribution in [3.8, 4) is 0 Å². The molecule has 2 aromatic carbocycles. The van der Waals surface area contributed by atoms with Crippen LogP contribution in [0.5, 0.6) is 0 Å². The summed E-state index contributed by atoms with van der Waals surface area (Å²) in [5, 5.41) is 5.92. The van der Waals surface area contributed by atoms with E-state index < -0.39 is 0 Å². The molecule has 0 spiro atoms. The van der Waals surface area contributed by atoms with Crippen LogP contribution >= 0.6 is 0 Å². The molecule has 0 bridgehead atoms. The van der Waals surface area contributed by atoms with Gasteiger partial charge in [0.25, 0.3) is 5.91 Å². The van der Waals surface area contributed by atoms with Crippen molar-refractivity contribution in [2.24, 2.45) is 0 Å². The Morgan fingerprint density at radius 3 is 2.29 bits per heavy atom. The molecule has 0 unspecified atom stereocenters. The number of nitrogens with one attached hydrogen (secondary N) is 2. The number of rotatable bonds is 6. The number of amides is 2. The minimum atomic E-state index is -0.109. The number of anilines is 1. The second kappa shape index (κ2) is 8.57. The van der Waals surface area contributed by atoms with Crippen LogP contribution in [0.2, 0.25) is 0 Å². The summed E-state index contributed by atoms with van der Waals surface area (Å²) in [7, 11) is 0. The molecule has 0 radical (unpaired) electrons. The van der Waals surface area contributed by atoms with Crippen LogP contribution < -0.4 is 10.6 Å². The number of likely N-dealkylation sites (tertiary alicyclic amines) is 1. The van der Waals surface area contributed by atoms with Gasteiger partial charge < -0.3 is 10.6 Å². The van der Waals surface area contributed by atoms with E-state index in [0.29, 0.717) is 29.8 Å². The van der Waals surface area contributed by atoms with Crippen molar-refractivity contribution in [1.29, 1.82) is 0 Å². The van der Waals surface area contributed by atoms with Gasteiger partial charge in [0.05, 0.1) is 17.8 Å². The van der Waals surface area contributed by atoms with Crippen molar-refractivity contribution in [3.05, 3.63) is 65.7 Å². The Morgan fingerprint density at radius 1 is 0.893 bits per heavy atom. The molecule has 1 aliphatic heterocycles. The Hall–Kier alpha value is -2.66. The summed E-state index contributed by atoms with van der Waals surface area (Å²) in [6, 6.07) is 18.1. The number of carbonyl (C=O) groups excluding carboxylic acids is 2. The lowest BCUT2D eigenvalue weighted by Gasteiger charge is -2.31. The molecule has 5 nitrogen and oxygen atoms in total. The summed E-state index contributed by atoms with van der Waals surface area (Å²) in [6.45, 7) is 2.19. The zero-order valence-electron chi connectivity index (χ0n) is 16.1. The Balaban J connectivity index is 1.30. The SMILES string of the molecule is O=C(CN1CCC(c2ccccc2)CC1)Nc1ccccc1C(=O)NC1CC1. The number of para-hydroxylation sites is 1. The number of benzene rings is 2. The molecule has 2 aromatic rings. The first-order valence-corrected chi connectivity index (χ1v) is 10.2. The van der Waals surface area contributed by atoms with Gasteiger partial charge in [0, 0.05) is 6.04 Å². The Bertz CT molecular complexity index is 825. The highest BCUT2D eigenvalue weighted by molar-refractivity contribution is 6.04. The van der Waals surface area contributed by atoms with E-state index in [0.717, 1.165) is 38.8 Å². The second-order valence-electron chi connectivity index (χ2n) is 7.80. The predicted octanol–water partition coefficient (Wildman–Crippen LogP) is 3.40. The van der Waals surface area contributed by atoms with Crippen LogP contribution in [0.4, 0.5) is 5.69 Å². The smallest absolute Gasteiger partial charge is 0.253 e. The van der Waals surface area contributed by atoms with Gasteiger partial charge in [0.1, 0.15) is 0 Å². The van der Waals surface area contributed by atoms with Crippen LogP contribution in [0.3, 0.4) is 0 Å². The molecule has 5 heteroatoms. The minimum absolute atomic E-state index is 0.0650. The molecule has 28 heavy (non-hydrogen) atoms. The van der Waals surface area contributed by atoms with E-state index in [4.69, 9.17) is 0 Å². The summed E-state index contributed by atoms with van der Waals surface area (Å²) in [6.07, 6.45) is 4.22. The standard InChI is InChI=1S/C23H27N3O2/c27-22(16-26-14-12-18(13-15-26)17-6-2-1-3-7-17)25-21-9-5-4-8-20(21)23(28)24-19-10-11-19/h1-9,18-19H,10-16H2,(H,24,28)(H,25,27). The second-order valence-corrected chi connectivity index (χ2v) is 7.80. The largest absolute Gasteiger partial charge is 0.349 e. The number of nitrogens with zero attached hydrogens (tertiary/aromatic N) is 1. The molecule has 2 aliphatic rings. The molecule has 1 heterocycles. The van der Waals surface area contributed by atoms with E-state index in [1.807, 2.05) is 18.2 Å². The van der Waals surface area contributed by atoms with E-state index in [2.05, 4.69) is 39.8 Å². The van der Waals surface area contributed by atoms with Crippen molar-refractivity contribution in [2.45, 2.75) is 37.6 Å². The summed E-state index contributed by atoms with van der Waals surface area (Å²) < 4.78 is 0. The minimum Gasteiger partial charge on any atom is -0.349 e. The van der Waals surface area contributed by atoms with E-state index in [-0.39, 0.29) is 11.8 Å². The summed E-state index contributed by atoms with van der Waals surface area (Å²) in [5.41, 5.74) is 2.51. The van der Waals surface area contributed by atoms with Crippen LogP contribution in [-0.4, -0.2) is 42.4 Å². The fourth-order valence-corrected chi connectivity index (χ4v) is 3.82. The molecule has 0 atom stereocenters. The van der Waals surface area contributed by atoms with Crippen molar-refractivity contribution in [3.63, 3.8) is 0 Å². The fraction of sp³-hybridized carbons (Fsp3) is 0.391. The highest BCUT2D eigenvalue weighted by Crippen LogP contribution is 2.27. The van der Waals surface area contributed by atoms with E-state index in [9.17, 15) is 9.59 Å². The highest BCUT2D eigenvalue weighted by Gasteiger charge is 2.25. The maximum atomic E-state index is 12.6. The maximum absolute atomic E-state index is 12.6. The van der Waals surface area contributed by atoms with Gasteiger partial charge >= 0.3 is 0 Å². The lowest BCUT2D eigenvalue weighted by atomic mass is 9.89. The molecule has 2 amide bonds. The van der Waals surface area contributed by atoms with Gasteiger partial charge in [0.2, 0.25) is 5.91 Å². The van der Waals surface area contributed by atoms with Gasteiger partial charge in [0.15, 0.2) is 0 Å². The monoisotopic (exact) mass is 377 g/mol. The molecular formula is C23H27N3O2. The molecule has 146 valence electrons. The quantitative estimate of drug-likeness (QED) is 0.811. The van der Waals surface area contributed by atoms with Gasteiger partial charge in [-0.2, -0.15) is 0 Å². The third-order valence-electron chi connectivity index (χ3n) is 5.58. The third-order valence-corrected chi connectivity index (χ3v) is 5.58. The van der Waals surface area contributed by atoms with Crippen molar-refractivity contribution in [1.82, 2.24) is 10.2 Å². The zero-order chi connectivity index (χ0) is 19.3. The molecule has 2 N–H and O–H groups in total. The molecule has 0 aromatic heterocycles. The fourth-order valence-electron chi connectivity index (χ4n) is 3.82. The summed E-state index contributed by atoms with van der Waals surface area (Å²) in [4.78, 5) is 27.1. The van der Waals surface area contributed by atoms with Gasteiger partial charge in [-0.25, -0.2) is 0 Å².